The number of aromatic nitrogens is 3. The van der Waals surface area contributed by atoms with Crippen molar-refractivity contribution in [3.63, 3.8) is 0 Å². The maximum absolute atomic E-state index is 10.4. The molecule has 1 aromatic carbocycles. The molecule has 0 saturated carbocycles. The van der Waals surface area contributed by atoms with E-state index in [2.05, 4.69) is 53.5 Å². The predicted molar refractivity (Wildman–Crippen MR) is 150 cm³/mol. The van der Waals surface area contributed by atoms with E-state index >= 15 is 0 Å². The molecular weight excluding hydrogens is 458 g/mol. The van der Waals surface area contributed by atoms with E-state index in [0.29, 0.717) is 11.6 Å². The summed E-state index contributed by atoms with van der Waals surface area (Å²) in [5.74, 6) is 2.37. The molecule has 0 radical (unpaired) electrons. The van der Waals surface area contributed by atoms with Crippen molar-refractivity contribution in [2.24, 2.45) is 5.92 Å². The summed E-state index contributed by atoms with van der Waals surface area (Å²) in [6.07, 6.45) is 7.05. The molecule has 2 N–H and O–H groups in total. The van der Waals surface area contributed by atoms with Crippen molar-refractivity contribution in [1.29, 1.82) is 0 Å². The zero-order valence-electron chi connectivity index (χ0n) is 23.0. The van der Waals surface area contributed by atoms with Crippen molar-refractivity contribution in [2.45, 2.75) is 77.7 Å². The first-order valence-corrected chi connectivity index (χ1v) is 14.1. The molecule has 2 aromatic heterocycles. The molecule has 2 unspecified atom stereocenters. The van der Waals surface area contributed by atoms with Gasteiger partial charge in [-0.05, 0) is 113 Å². The highest BCUT2D eigenvalue weighted by molar-refractivity contribution is 5.47. The zero-order valence-corrected chi connectivity index (χ0v) is 23.0. The minimum Gasteiger partial charge on any atom is -0.384 e. The van der Waals surface area contributed by atoms with Gasteiger partial charge in [0.15, 0.2) is 0 Å². The first-order valence-electron chi connectivity index (χ1n) is 14.1. The smallest absolute Gasteiger partial charge is 0.129 e. The SMILES string of the molecule is CCC(CN1CCC(CCc2ccc3c(n2)NCCC3)C1)c1cccc(-n2nc(C(C)(C)O)cc2C)c1. The lowest BCUT2D eigenvalue weighted by atomic mass is 9.95. The predicted octanol–water partition coefficient (Wildman–Crippen LogP) is 5.61. The molecule has 37 heavy (non-hydrogen) atoms. The number of hydrogen-bond donors (Lipinski definition) is 2. The second-order valence-corrected chi connectivity index (χ2v) is 11.6. The van der Waals surface area contributed by atoms with Crippen LogP contribution >= 0.6 is 0 Å². The van der Waals surface area contributed by atoms with Gasteiger partial charge in [-0.1, -0.05) is 25.1 Å². The number of nitrogens with one attached hydrogen (secondary N) is 1. The highest BCUT2D eigenvalue weighted by Crippen LogP contribution is 2.29. The molecule has 6 nitrogen and oxygen atoms in total. The molecule has 0 spiro atoms. The van der Waals surface area contributed by atoms with E-state index in [1.807, 2.05) is 17.7 Å². The Kier molecular flexibility index (Phi) is 7.68. The summed E-state index contributed by atoms with van der Waals surface area (Å²) in [7, 11) is 0. The number of rotatable bonds is 9. The Morgan fingerprint density at radius 3 is 2.84 bits per heavy atom. The number of nitrogens with zero attached hydrogens (tertiary/aromatic N) is 4. The number of hydrogen-bond acceptors (Lipinski definition) is 5. The fraction of sp³-hybridized carbons (Fsp3) is 0.548. The Labute approximate surface area is 222 Å². The average Bonchev–Trinajstić information content (AvgIpc) is 3.52. The van der Waals surface area contributed by atoms with Gasteiger partial charge >= 0.3 is 0 Å². The van der Waals surface area contributed by atoms with Crippen LogP contribution in [-0.2, 0) is 18.4 Å². The van der Waals surface area contributed by atoms with Gasteiger partial charge in [0.05, 0.1) is 11.4 Å². The molecular formula is C31H43N5O. The molecule has 1 saturated heterocycles. The van der Waals surface area contributed by atoms with Gasteiger partial charge < -0.3 is 15.3 Å². The third-order valence-electron chi connectivity index (χ3n) is 8.20. The van der Waals surface area contributed by atoms with Gasteiger partial charge in [0.25, 0.3) is 0 Å². The molecule has 198 valence electrons. The largest absolute Gasteiger partial charge is 0.384 e. The van der Waals surface area contributed by atoms with E-state index in [1.54, 1.807) is 13.8 Å². The quantitative estimate of drug-likeness (QED) is 0.399. The van der Waals surface area contributed by atoms with Crippen molar-refractivity contribution < 1.29 is 5.11 Å². The number of anilines is 1. The monoisotopic (exact) mass is 501 g/mol. The van der Waals surface area contributed by atoms with E-state index in [0.717, 1.165) is 55.5 Å². The van der Waals surface area contributed by atoms with E-state index in [4.69, 9.17) is 10.1 Å². The molecule has 1 fully saturated rings. The van der Waals surface area contributed by atoms with Crippen molar-refractivity contribution in [3.05, 3.63) is 70.7 Å². The van der Waals surface area contributed by atoms with Gasteiger partial charge in [-0.15, -0.1) is 0 Å². The van der Waals surface area contributed by atoms with Crippen molar-refractivity contribution in [3.8, 4) is 5.69 Å². The summed E-state index contributed by atoms with van der Waals surface area (Å²) in [5.41, 5.74) is 5.83. The summed E-state index contributed by atoms with van der Waals surface area (Å²) >= 11 is 0. The maximum atomic E-state index is 10.4. The number of aliphatic hydroxyl groups is 1. The van der Waals surface area contributed by atoms with Crippen LogP contribution in [0.15, 0.2) is 42.5 Å². The molecule has 0 amide bonds. The standard InChI is InChI=1S/C31H43N5O/c1-5-24(26-8-6-10-28(19-26)36-22(2)18-29(34-36)31(3,4)37)21-35-17-15-23(20-35)11-13-27-14-12-25-9-7-16-32-30(25)33-27/h6,8,10,12,14,18-19,23-24,37H,5,7,9,11,13,15-17,20-21H2,1-4H3,(H,32,33). The third-order valence-corrected chi connectivity index (χ3v) is 8.20. The summed E-state index contributed by atoms with van der Waals surface area (Å²) in [4.78, 5) is 7.57. The van der Waals surface area contributed by atoms with Crippen LogP contribution in [0.2, 0.25) is 0 Å². The number of pyridine rings is 1. The number of fused-ring (bicyclic) bond motifs is 1. The van der Waals surface area contributed by atoms with Gasteiger partial charge in [-0.2, -0.15) is 5.10 Å². The lowest BCUT2D eigenvalue weighted by molar-refractivity contribution is 0.0734. The molecule has 6 heteroatoms. The van der Waals surface area contributed by atoms with Gasteiger partial charge in [-0.25, -0.2) is 9.67 Å². The van der Waals surface area contributed by atoms with E-state index in [1.165, 1.54) is 49.2 Å². The number of benzene rings is 1. The first-order chi connectivity index (χ1) is 17.8. The van der Waals surface area contributed by atoms with Crippen LogP contribution in [0, 0.1) is 12.8 Å². The maximum Gasteiger partial charge on any atom is 0.129 e. The van der Waals surface area contributed by atoms with Gasteiger partial charge in [0.2, 0.25) is 0 Å². The Bertz CT molecular complexity index is 1210. The van der Waals surface area contributed by atoms with Gasteiger partial charge in [0.1, 0.15) is 11.4 Å². The van der Waals surface area contributed by atoms with Crippen LogP contribution in [0.4, 0.5) is 5.82 Å². The Balaban J connectivity index is 1.19. The van der Waals surface area contributed by atoms with E-state index < -0.39 is 5.60 Å². The second-order valence-electron chi connectivity index (χ2n) is 11.6. The lowest BCUT2D eigenvalue weighted by Gasteiger charge is -2.24. The summed E-state index contributed by atoms with van der Waals surface area (Å²) in [6.45, 7) is 12.4. The number of likely N-dealkylation sites (tertiary alicyclic amines) is 1. The van der Waals surface area contributed by atoms with Crippen molar-refractivity contribution >= 4 is 5.82 Å². The summed E-state index contributed by atoms with van der Waals surface area (Å²) in [5, 5.41) is 18.6. The fourth-order valence-electron chi connectivity index (χ4n) is 5.90. The first kappa shape index (κ1) is 25.9. The summed E-state index contributed by atoms with van der Waals surface area (Å²) in [6, 6.07) is 15.3. The van der Waals surface area contributed by atoms with Crippen LogP contribution in [-0.4, -0.2) is 50.9 Å². The fourth-order valence-corrected chi connectivity index (χ4v) is 5.90. The minimum absolute atomic E-state index is 0.497. The van der Waals surface area contributed by atoms with Gasteiger partial charge in [0, 0.05) is 31.0 Å². The highest BCUT2D eigenvalue weighted by Gasteiger charge is 2.26. The van der Waals surface area contributed by atoms with Crippen LogP contribution < -0.4 is 5.32 Å². The highest BCUT2D eigenvalue weighted by atomic mass is 16.3. The molecule has 5 rings (SSSR count). The van der Waals surface area contributed by atoms with E-state index in [9.17, 15) is 5.11 Å². The van der Waals surface area contributed by atoms with Crippen LogP contribution in [0.3, 0.4) is 0 Å². The van der Waals surface area contributed by atoms with E-state index in [-0.39, 0.29) is 0 Å². The summed E-state index contributed by atoms with van der Waals surface area (Å²) < 4.78 is 1.96. The Morgan fingerprint density at radius 2 is 2.05 bits per heavy atom. The molecule has 2 aliphatic heterocycles. The average molecular weight is 502 g/mol. The Hall–Kier alpha value is -2.70. The normalized spacial score (nSPS) is 19.0. The van der Waals surface area contributed by atoms with Crippen LogP contribution in [0.5, 0.6) is 0 Å². The molecule has 2 aliphatic rings. The van der Waals surface area contributed by atoms with Crippen molar-refractivity contribution in [2.75, 3.05) is 31.5 Å². The minimum atomic E-state index is -0.946. The van der Waals surface area contributed by atoms with Crippen molar-refractivity contribution in [1.82, 2.24) is 19.7 Å². The molecule has 0 bridgehead atoms. The Morgan fingerprint density at radius 1 is 1.19 bits per heavy atom. The lowest BCUT2D eigenvalue weighted by Crippen LogP contribution is -2.26. The molecule has 2 atom stereocenters. The topological polar surface area (TPSA) is 66.2 Å². The molecule has 3 aromatic rings. The number of aryl methyl sites for hydroxylation is 3. The van der Waals surface area contributed by atoms with Gasteiger partial charge in [-0.3, -0.25) is 0 Å². The van der Waals surface area contributed by atoms with Crippen LogP contribution in [0.1, 0.15) is 80.6 Å². The second kappa shape index (κ2) is 11.0. The molecule has 0 aliphatic carbocycles. The third kappa shape index (κ3) is 6.07. The zero-order chi connectivity index (χ0) is 26.0. The van der Waals surface area contributed by atoms with Crippen LogP contribution in [0.25, 0.3) is 5.69 Å². The molecule has 4 heterocycles.